The zero-order chi connectivity index (χ0) is 14.5. The number of hydrogen-bond donors (Lipinski definition) is 2. The van der Waals surface area contributed by atoms with E-state index in [-0.39, 0.29) is 12.1 Å². The first kappa shape index (κ1) is 14.3. The van der Waals surface area contributed by atoms with E-state index in [2.05, 4.69) is 15.6 Å². The lowest BCUT2D eigenvalue weighted by Crippen LogP contribution is -2.31. The van der Waals surface area contributed by atoms with Gasteiger partial charge in [-0.1, -0.05) is 17.7 Å². The summed E-state index contributed by atoms with van der Waals surface area (Å²) in [7, 11) is 0. The van der Waals surface area contributed by atoms with Gasteiger partial charge in [-0.3, -0.25) is 4.98 Å². The van der Waals surface area contributed by atoms with Gasteiger partial charge in [0, 0.05) is 23.1 Å². The average molecular weight is 290 g/mol. The normalized spacial score (nSPS) is 11.8. The number of nitrogens with one attached hydrogen (secondary N) is 2. The quantitative estimate of drug-likeness (QED) is 0.899. The van der Waals surface area contributed by atoms with E-state index >= 15 is 0 Å². The van der Waals surface area contributed by atoms with Crippen molar-refractivity contribution in [1.82, 2.24) is 10.3 Å². The van der Waals surface area contributed by atoms with Crippen LogP contribution in [-0.2, 0) is 0 Å². The van der Waals surface area contributed by atoms with E-state index in [1.807, 2.05) is 32.0 Å². The molecule has 1 heterocycles. The van der Waals surface area contributed by atoms with Gasteiger partial charge in [0.1, 0.15) is 0 Å². The van der Waals surface area contributed by atoms with Crippen LogP contribution in [0.4, 0.5) is 10.5 Å². The summed E-state index contributed by atoms with van der Waals surface area (Å²) in [5.74, 6) is 0. The smallest absolute Gasteiger partial charge is 0.319 e. The minimum atomic E-state index is -0.264. The molecule has 20 heavy (non-hydrogen) atoms. The van der Waals surface area contributed by atoms with E-state index in [1.165, 1.54) is 0 Å². The first-order chi connectivity index (χ1) is 9.58. The van der Waals surface area contributed by atoms with Crippen LogP contribution >= 0.6 is 11.6 Å². The Labute approximate surface area is 123 Å². The predicted octanol–water partition coefficient (Wildman–Crippen LogP) is 3.93. The molecule has 1 aromatic carbocycles. The number of hydrogen-bond acceptors (Lipinski definition) is 2. The third-order valence-corrected chi connectivity index (χ3v) is 3.48. The van der Waals surface area contributed by atoms with Crippen LogP contribution in [0.2, 0.25) is 5.02 Å². The number of rotatable bonds is 3. The van der Waals surface area contributed by atoms with Crippen LogP contribution in [0.15, 0.2) is 42.7 Å². The van der Waals surface area contributed by atoms with Crippen molar-refractivity contribution in [3.05, 3.63) is 58.9 Å². The second-order valence-corrected chi connectivity index (χ2v) is 4.92. The minimum absolute atomic E-state index is 0.0995. The summed E-state index contributed by atoms with van der Waals surface area (Å²) in [6, 6.07) is 8.79. The molecule has 0 spiro atoms. The van der Waals surface area contributed by atoms with E-state index in [9.17, 15) is 4.79 Å². The Morgan fingerprint density at radius 1 is 1.25 bits per heavy atom. The molecule has 104 valence electrons. The fourth-order valence-corrected chi connectivity index (χ4v) is 2.01. The molecular formula is C15H16ClN3O. The molecule has 0 saturated heterocycles. The number of benzene rings is 1. The molecule has 2 aromatic rings. The van der Waals surface area contributed by atoms with Crippen molar-refractivity contribution in [2.24, 2.45) is 0 Å². The highest BCUT2D eigenvalue weighted by Crippen LogP contribution is 2.23. The Kier molecular flexibility index (Phi) is 4.58. The number of carbonyl (C=O) groups is 1. The van der Waals surface area contributed by atoms with Crippen molar-refractivity contribution in [2.75, 3.05) is 5.32 Å². The molecule has 2 amide bonds. The van der Waals surface area contributed by atoms with E-state index < -0.39 is 0 Å². The van der Waals surface area contributed by atoms with Gasteiger partial charge in [0.05, 0.1) is 6.04 Å². The predicted molar refractivity (Wildman–Crippen MR) is 81.0 cm³/mol. The Hall–Kier alpha value is -2.07. The summed E-state index contributed by atoms with van der Waals surface area (Å²) >= 11 is 6.02. The number of carbonyl (C=O) groups excluding carboxylic acids is 1. The molecule has 0 aliphatic heterocycles. The first-order valence-corrected chi connectivity index (χ1v) is 6.68. The number of pyridine rings is 1. The lowest BCUT2D eigenvalue weighted by molar-refractivity contribution is 0.249. The number of aromatic nitrogens is 1. The van der Waals surface area contributed by atoms with Gasteiger partial charge in [-0.15, -0.1) is 0 Å². The van der Waals surface area contributed by atoms with Gasteiger partial charge in [-0.2, -0.15) is 0 Å². The second kappa shape index (κ2) is 6.39. The summed E-state index contributed by atoms with van der Waals surface area (Å²) < 4.78 is 0. The van der Waals surface area contributed by atoms with Gasteiger partial charge >= 0.3 is 6.03 Å². The zero-order valence-electron chi connectivity index (χ0n) is 11.4. The van der Waals surface area contributed by atoms with E-state index in [4.69, 9.17) is 11.6 Å². The number of anilines is 1. The van der Waals surface area contributed by atoms with Crippen LogP contribution in [-0.4, -0.2) is 11.0 Å². The number of amides is 2. The van der Waals surface area contributed by atoms with Crippen LogP contribution in [0.5, 0.6) is 0 Å². The van der Waals surface area contributed by atoms with Crippen LogP contribution in [0.1, 0.15) is 24.1 Å². The summed E-state index contributed by atoms with van der Waals surface area (Å²) in [5, 5.41) is 6.30. The van der Waals surface area contributed by atoms with Gasteiger partial charge in [-0.05, 0) is 49.2 Å². The molecule has 0 fully saturated rings. The molecule has 2 N–H and O–H groups in total. The summed E-state index contributed by atoms with van der Waals surface area (Å²) in [4.78, 5) is 15.9. The molecule has 0 bridgehead atoms. The highest BCUT2D eigenvalue weighted by molar-refractivity contribution is 6.31. The molecule has 0 unspecified atom stereocenters. The van der Waals surface area contributed by atoms with Crippen LogP contribution in [0.25, 0.3) is 0 Å². The summed E-state index contributed by atoms with van der Waals surface area (Å²) in [6.45, 7) is 3.78. The topological polar surface area (TPSA) is 54.0 Å². The second-order valence-electron chi connectivity index (χ2n) is 4.51. The van der Waals surface area contributed by atoms with Gasteiger partial charge in [0.15, 0.2) is 0 Å². The maximum Gasteiger partial charge on any atom is 0.319 e. The zero-order valence-corrected chi connectivity index (χ0v) is 12.1. The molecule has 0 saturated carbocycles. The standard InChI is InChI=1S/C15H16ClN3O/c1-10-13(16)4-3-5-14(10)19-15(20)18-11(2)12-6-8-17-9-7-12/h3-9,11H,1-2H3,(H2,18,19,20)/t11-/m1/s1. The number of halogens is 1. The van der Waals surface area contributed by atoms with E-state index in [0.29, 0.717) is 10.7 Å². The maximum absolute atomic E-state index is 12.0. The molecule has 1 atom stereocenters. The van der Waals surface area contributed by atoms with E-state index in [0.717, 1.165) is 11.1 Å². The van der Waals surface area contributed by atoms with Crippen molar-refractivity contribution in [3.8, 4) is 0 Å². The molecule has 1 aromatic heterocycles. The summed E-state index contributed by atoms with van der Waals surface area (Å²) in [5.41, 5.74) is 2.55. The van der Waals surface area contributed by atoms with Crippen molar-refractivity contribution >= 4 is 23.3 Å². The summed E-state index contributed by atoms with van der Waals surface area (Å²) in [6.07, 6.45) is 3.40. The van der Waals surface area contributed by atoms with Gasteiger partial charge in [-0.25, -0.2) is 4.79 Å². The largest absolute Gasteiger partial charge is 0.331 e. The number of nitrogens with zero attached hydrogens (tertiary/aromatic N) is 1. The molecule has 0 aliphatic rings. The Morgan fingerprint density at radius 2 is 1.95 bits per heavy atom. The van der Waals surface area contributed by atoms with Crippen molar-refractivity contribution in [3.63, 3.8) is 0 Å². The Balaban J connectivity index is 2.01. The third-order valence-electron chi connectivity index (χ3n) is 3.07. The van der Waals surface area contributed by atoms with Crippen molar-refractivity contribution in [1.29, 1.82) is 0 Å². The molecule has 2 rings (SSSR count). The fourth-order valence-electron chi connectivity index (χ4n) is 1.83. The van der Waals surface area contributed by atoms with Gasteiger partial charge in [0.25, 0.3) is 0 Å². The monoisotopic (exact) mass is 289 g/mol. The molecule has 0 radical (unpaired) electrons. The number of urea groups is 1. The maximum atomic E-state index is 12.0. The van der Waals surface area contributed by atoms with Crippen molar-refractivity contribution < 1.29 is 4.79 Å². The minimum Gasteiger partial charge on any atom is -0.331 e. The van der Waals surface area contributed by atoms with Crippen LogP contribution in [0.3, 0.4) is 0 Å². The average Bonchev–Trinajstić information content (AvgIpc) is 2.45. The molecular weight excluding hydrogens is 274 g/mol. The Morgan fingerprint density at radius 3 is 2.65 bits per heavy atom. The molecule has 4 nitrogen and oxygen atoms in total. The van der Waals surface area contributed by atoms with Crippen LogP contribution in [0, 0.1) is 6.92 Å². The van der Waals surface area contributed by atoms with Crippen molar-refractivity contribution in [2.45, 2.75) is 19.9 Å². The highest BCUT2D eigenvalue weighted by Gasteiger charge is 2.10. The Bertz CT molecular complexity index is 601. The lowest BCUT2D eigenvalue weighted by atomic mass is 10.1. The first-order valence-electron chi connectivity index (χ1n) is 6.30. The van der Waals surface area contributed by atoms with Gasteiger partial charge in [0.2, 0.25) is 0 Å². The van der Waals surface area contributed by atoms with Gasteiger partial charge < -0.3 is 10.6 Å². The lowest BCUT2D eigenvalue weighted by Gasteiger charge is -2.16. The van der Waals surface area contributed by atoms with Crippen LogP contribution < -0.4 is 10.6 Å². The third kappa shape index (κ3) is 3.48. The molecule has 5 heteroatoms. The molecule has 0 aliphatic carbocycles. The van der Waals surface area contributed by atoms with E-state index in [1.54, 1.807) is 24.5 Å². The highest BCUT2D eigenvalue weighted by atomic mass is 35.5. The SMILES string of the molecule is Cc1c(Cl)cccc1NC(=O)N[C@H](C)c1ccncc1. The fraction of sp³-hybridized carbons (Fsp3) is 0.200.